The van der Waals surface area contributed by atoms with Crippen LogP contribution in [0.15, 0.2) is 18.3 Å². The molecule has 0 saturated carbocycles. The van der Waals surface area contributed by atoms with Crippen molar-refractivity contribution >= 4 is 11.7 Å². The van der Waals surface area contributed by atoms with Gasteiger partial charge in [-0.1, -0.05) is 0 Å². The van der Waals surface area contributed by atoms with E-state index in [1.165, 1.54) is 0 Å². The van der Waals surface area contributed by atoms with Gasteiger partial charge in [-0.15, -0.1) is 0 Å². The first-order chi connectivity index (χ1) is 9.08. The Bertz CT molecular complexity index is 425. The van der Waals surface area contributed by atoms with Crippen LogP contribution in [0.1, 0.15) is 30.1 Å². The lowest BCUT2D eigenvalue weighted by molar-refractivity contribution is 0.0827. The average molecular weight is 263 g/mol. The molecule has 1 aliphatic heterocycles. The van der Waals surface area contributed by atoms with E-state index in [4.69, 9.17) is 4.74 Å². The van der Waals surface area contributed by atoms with Crippen molar-refractivity contribution in [2.45, 2.75) is 31.9 Å². The minimum absolute atomic E-state index is 0.0359. The van der Waals surface area contributed by atoms with E-state index in [2.05, 4.69) is 17.2 Å². The molecule has 1 saturated heterocycles. The van der Waals surface area contributed by atoms with Crippen LogP contribution in [0.3, 0.4) is 0 Å². The normalized spacial score (nSPS) is 20.1. The molecule has 104 valence electrons. The second-order valence-electron chi connectivity index (χ2n) is 5.12. The summed E-state index contributed by atoms with van der Waals surface area (Å²) in [6.45, 7) is 2.94. The monoisotopic (exact) mass is 263 g/mol. The highest BCUT2D eigenvalue weighted by Gasteiger charge is 2.22. The maximum absolute atomic E-state index is 11.7. The summed E-state index contributed by atoms with van der Waals surface area (Å²) in [5, 5.41) is 3.32. The first-order valence-corrected chi connectivity index (χ1v) is 6.64. The number of anilines is 1. The Kier molecular flexibility index (Phi) is 4.37. The first kappa shape index (κ1) is 13.8. The molecular formula is C14H21N3O2. The van der Waals surface area contributed by atoms with E-state index in [0.29, 0.717) is 5.56 Å². The molecule has 19 heavy (non-hydrogen) atoms. The number of ether oxygens (including phenoxy) is 1. The highest BCUT2D eigenvalue weighted by molar-refractivity contribution is 5.93. The smallest absolute Gasteiger partial charge is 0.254 e. The van der Waals surface area contributed by atoms with Gasteiger partial charge in [0.2, 0.25) is 0 Å². The van der Waals surface area contributed by atoms with Crippen molar-refractivity contribution in [3.8, 4) is 0 Å². The van der Waals surface area contributed by atoms with E-state index in [-0.39, 0.29) is 18.1 Å². The highest BCUT2D eigenvalue weighted by atomic mass is 16.5. The Morgan fingerprint density at radius 2 is 2.32 bits per heavy atom. The summed E-state index contributed by atoms with van der Waals surface area (Å²) in [7, 11) is 3.46. The van der Waals surface area contributed by atoms with Crippen molar-refractivity contribution in [3.63, 3.8) is 0 Å². The number of hydrogen-bond donors (Lipinski definition) is 1. The molecule has 0 radical (unpaired) electrons. The molecule has 1 aromatic rings. The zero-order valence-corrected chi connectivity index (χ0v) is 11.7. The minimum atomic E-state index is -0.0359. The quantitative estimate of drug-likeness (QED) is 0.899. The predicted molar refractivity (Wildman–Crippen MR) is 74.3 cm³/mol. The van der Waals surface area contributed by atoms with Crippen molar-refractivity contribution in [3.05, 3.63) is 23.9 Å². The molecule has 2 atom stereocenters. The third-order valence-corrected chi connectivity index (χ3v) is 3.31. The number of nitrogens with zero attached hydrogens (tertiary/aromatic N) is 2. The van der Waals surface area contributed by atoms with Gasteiger partial charge >= 0.3 is 0 Å². The van der Waals surface area contributed by atoms with Gasteiger partial charge in [0, 0.05) is 26.9 Å². The molecule has 1 N–H and O–H groups in total. The van der Waals surface area contributed by atoms with Gasteiger partial charge in [-0.25, -0.2) is 4.98 Å². The Balaban J connectivity index is 1.96. The van der Waals surface area contributed by atoms with Gasteiger partial charge < -0.3 is 15.0 Å². The van der Waals surface area contributed by atoms with E-state index in [1.807, 2.05) is 6.07 Å². The number of amides is 1. The molecule has 5 heteroatoms. The Morgan fingerprint density at radius 1 is 1.53 bits per heavy atom. The summed E-state index contributed by atoms with van der Waals surface area (Å²) >= 11 is 0. The molecule has 2 rings (SSSR count). The summed E-state index contributed by atoms with van der Waals surface area (Å²) < 4.78 is 5.63. The number of hydrogen-bond acceptors (Lipinski definition) is 4. The van der Waals surface area contributed by atoms with Gasteiger partial charge in [0.1, 0.15) is 5.82 Å². The zero-order chi connectivity index (χ0) is 13.8. The molecule has 1 aliphatic rings. The van der Waals surface area contributed by atoms with Crippen molar-refractivity contribution in [2.75, 3.05) is 26.0 Å². The fourth-order valence-corrected chi connectivity index (χ4v) is 2.19. The second-order valence-corrected chi connectivity index (χ2v) is 5.12. The summed E-state index contributed by atoms with van der Waals surface area (Å²) in [5.41, 5.74) is 0.598. The van der Waals surface area contributed by atoms with E-state index in [9.17, 15) is 4.79 Å². The maximum atomic E-state index is 11.7. The summed E-state index contributed by atoms with van der Waals surface area (Å²) in [4.78, 5) is 17.6. The van der Waals surface area contributed by atoms with Crippen molar-refractivity contribution in [2.24, 2.45) is 0 Å². The molecule has 0 bridgehead atoms. The minimum Gasteiger partial charge on any atom is -0.376 e. The molecule has 1 fully saturated rings. The van der Waals surface area contributed by atoms with Gasteiger partial charge in [-0.3, -0.25) is 4.79 Å². The topological polar surface area (TPSA) is 54.5 Å². The number of carbonyl (C=O) groups excluding carboxylic acids is 1. The lowest BCUT2D eigenvalue weighted by Crippen LogP contribution is -2.30. The highest BCUT2D eigenvalue weighted by Crippen LogP contribution is 2.18. The molecule has 0 aromatic carbocycles. The number of pyridine rings is 1. The fraction of sp³-hybridized carbons (Fsp3) is 0.571. The Labute approximate surface area is 114 Å². The molecule has 0 spiro atoms. The summed E-state index contributed by atoms with van der Waals surface area (Å²) in [5.74, 6) is 0.740. The van der Waals surface area contributed by atoms with Gasteiger partial charge in [0.05, 0.1) is 17.7 Å². The summed E-state index contributed by atoms with van der Waals surface area (Å²) in [6, 6.07) is 3.85. The molecule has 0 aliphatic carbocycles. The van der Waals surface area contributed by atoms with Crippen LogP contribution < -0.4 is 5.32 Å². The Morgan fingerprint density at radius 3 is 2.84 bits per heavy atom. The molecule has 1 amide bonds. The third kappa shape index (κ3) is 3.44. The van der Waals surface area contributed by atoms with E-state index >= 15 is 0 Å². The van der Waals surface area contributed by atoms with E-state index in [0.717, 1.165) is 25.3 Å². The van der Waals surface area contributed by atoms with Gasteiger partial charge in [-0.05, 0) is 31.9 Å². The van der Waals surface area contributed by atoms with Crippen LogP contribution in [0, 0.1) is 0 Å². The first-order valence-electron chi connectivity index (χ1n) is 6.64. The largest absolute Gasteiger partial charge is 0.376 e. The second kappa shape index (κ2) is 6.02. The van der Waals surface area contributed by atoms with E-state index < -0.39 is 0 Å². The zero-order valence-electron chi connectivity index (χ0n) is 11.7. The molecular weight excluding hydrogens is 242 g/mol. The van der Waals surface area contributed by atoms with Crippen molar-refractivity contribution in [1.82, 2.24) is 9.88 Å². The Hall–Kier alpha value is -1.62. The van der Waals surface area contributed by atoms with Gasteiger partial charge in [-0.2, -0.15) is 0 Å². The molecule has 5 nitrogen and oxygen atoms in total. The number of aromatic nitrogens is 1. The van der Waals surface area contributed by atoms with Crippen LogP contribution in [0.2, 0.25) is 0 Å². The van der Waals surface area contributed by atoms with E-state index in [1.54, 1.807) is 31.3 Å². The molecule has 1 aromatic heterocycles. The molecule has 2 heterocycles. The van der Waals surface area contributed by atoms with Crippen molar-refractivity contribution < 1.29 is 9.53 Å². The predicted octanol–water partition coefficient (Wildman–Crippen LogP) is 1.76. The SMILES string of the molecule is CC(Nc1ccc(C(=O)N(C)C)cn1)C1CCCO1. The number of nitrogens with one attached hydrogen (secondary N) is 1. The van der Waals surface area contributed by atoms with Crippen LogP contribution in [-0.2, 0) is 4.74 Å². The third-order valence-electron chi connectivity index (χ3n) is 3.31. The van der Waals surface area contributed by atoms with Crippen LogP contribution in [0.25, 0.3) is 0 Å². The van der Waals surface area contributed by atoms with Crippen LogP contribution in [0.5, 0.6) is 0 Å². The maximum Gasteiger partial charge on any atom is 0.254 e. The number of rotatable bonds is 4. The molecule has 2 unspecified atom stereocenters. The number of carbonyl (C=O) groups is 1. The van der Waals surface area contributed by atoms with Crippen LogP contribution >= 0.6 is 0 Å². The lowest BCUT2D eigenvalue weighted by Gasteiger charge is -2.20. The van der Waals surface area contributed by atoms with Gasteiger partial charge in [0.15, 0.2) is 0 Å². The van der Waals surface area contributed by atoms with Crippen molar-refractivity contribution in [1.29, 1.82) is 0 Å². The van der Waals surface area contributed by atoms with Crippen LogP contribution in [-0.4, -0.2) is 48.6 Å². The average Bonchev–Trinajstić information content (AvgIpc) is 2.92. The van der Waals surface area contributed by atoms with Gasteiger partial charge in [0.25, 0.3) is 5.91 Å². The summed E-state index contributed by atoms with van der Waals surface area (Å²) in [6.07, 6.45) is 4.07. The standard InChI is InChI=1S/C14H21N3O2/c1-10(12-5-4-8-19-12)16-13-7-6-11(9-15-13)14(18)17(2)3/h6-7,9-10,12H,4-5,8H2,1-3H3,(H,15,16). The fourth-order valence-electron chi connectivity index (χ4n) is 2.19. The lowest BCUT2D eigenvalue weighted by atomic mass is 10.1. The van der Waals surface area contributed by atoms with Crippen LogP contribution in [0.4, 0.5) is 5.82 Å².